The summed E-state index contributed by atoms with van der Waals surface area (Å²) in [5.41, 5.74) is -0.156. The van der Waals surface area contributed by atoms with Crippen molar-refractivity contribution in [2.45, 2.75) is 13.0 Å². The highest BCUT2D eigenvalue weighted by Gasteiger charge is 2.20. The van der Waals surface area contributed by atoms with Crippen LogP contribution in [0.2, 0.25) is 0 Å². The van der Waals surface area contributed by atoms with Gasteiger partial charge in [-0.1, -0.05) is 5.21 Å². The van der Waals surface area contributed by atoms with Crippen molar-refractivity contribution in [1.82, 2.24) is 25.6 Å². The number of methoxy groups -OCH3 is 1. The Kier molecular flexibility index (Phi) is 3.50. The van der Waals surface area contributed by atoms with Gasteiger partial charge < -0.3 is 10.1 Å². The molecule has 2 rings (SSSR count). The number of ether oxygens (including phenoxy) is 1. The molecule has 19 heavy (non-hydrogen) atoms. The van der Waals surface area contributed by atoms with Crippen LogP contribution >= 0.6 is 0 Å². The summed E-state index contributed by atoms with van der Waals surface area (Å²) >= 11 is 0. The van der Waals surface area contributed by atoms with E-state index in [2.05, 4.69) is 30.9 Å². The molecule has 0 aromatic carbocycles. The van der Waals surface area contributed by atoms with Crippen LogP contribution in [0.25, 0.3) is 0 Å². The first-order chi connectivity index (χ1) is 9.11. The van der Waals surface area contributed by atoms with E-state index in [4.69, 9.17) is 4.74 Å². The van der Waals surface area contributed by atoms with Crippen LogP contribution in [-0.2, 0) is 0 Å². The highest BCUT2D eigenvalue weighted by atomic mass is 16.6. The van der Waals surface area contributed by atoms with Gasteiger partial charge in [-0.2, -0.15) is 10.2 Å². The van der Waals surface area contributed by atoms with Gasteiger partial charge in [0.2, 0.25) is 11.7 Å². The Bertz CT molecular complexity index is 571. The molecule has 100 valence electrons. The number of H-pyrrole nitrogens is 1. The van der Waals surface area contributed by atoms with E-state index in [0.29, 0.717) is 5.82 Å². The van der Waals surface area contributed by atoms with Crippen molar-refractivity contribution in [2.24, 2.45) is 0 Å². The van der Waals surface area contributed by atoms with Crippen molar-refractivity contribution in [2.75, 3.05) is 12.4 Å². The summed E-state index contributed by atoms with van der Waals surface area (Å²) in [4.78, 5) is 14.4. The summed E-state index contributed by atoms with van der Waals surface area (Å²) in [5, 5.41) is 27.1. The maximum absolute atomic E-state index is 10.9. The molecular weight excluding hydrogens is 254 g/mol. The minimum Gasteiger partial charge on any atom is -0.481 e. The molecule has 0 fully saturated rings. The smallest absolute Gasteiger partial charge is 0.311 e. The fourth-order valence-corrected chi connectivity index (χ4v) is 1.42. The van der Waals surface area contributed by atoms with E-state index >= 15 is 0 Å². The Balaban J connectivity index is 2.29. The van der Waals surface area contributed by atoms with E-state index in [1.54, 1.807) is 6.92 Å². The molecule has 10 nitrogen and oxygen atoms in total. The van der Waals surface area contributed by atoms with Gasteiger partial charge >= 0.3 is 5.69 Å². The summed E-state index contributed by atoms with van der Waals surface area (Å²) in [7, 11) is 1.43. The fraction of sp³-hybridized carbons (Fsp3) is 0.333. The van der Waals surface area contributed by atoms with E-state index in [1.807, 2.05) is 0 Å². The lowest BCUT2D eigenvalue weighted by molar-refractivity contribution is -0.384. The van der Waals surface area contributed by atoms with E-state index in [9.17, 15) is 10.1 Å². The average molecular weight is 265 g/mol. The zero-order valence-electron chi connectivity index (χ0n) is 10.2. The van der Waals surface area contributed by atoms with E-state index in [0.717, 1.165) is 0 Å². The molecule has 0 aliphatic heterocycles. The maximum atomic E-state index is 10.9. The molecule has 0 spiro atoms. The van der Waals surface area contributed by atoms with Gasteiger partial charge in [0, 0.05) is 12.1 Å². The van der Waals surface area contributed by atoms with Crippen molar-refractivity contribution in [1.29, 1.82) is 0 Å². The molecule has 0 saturated carbocycles. The third-order valence-electron chi connectivity index (χ3n) is 2.36. The van der Waals surface area contributed by atoms with Gasteiger partial charge in [-0.05, 0) is 6.92 Å². The molecule has 0 radical (unpaired) electrons. The van der Waals surface area contributed by atoms with E-state index in [-0.39, 0.29) is 17.4 Å². The SMILES string of the molecule is COc1ccc([N+](=O)[O-])c(NC(C)c2nn[nH]n2)n1. The number of rotatable bonds is 5. The minimum absolute atomic E-state index is 0.0849. The van der Waals surface area contributed by atoms with Crippen molar-refractivity contribution in [3.05, 3.63) is 28.1 Å². The minimum atomic E-state index is -0.530. The number of tetrazole rings is 1. The van der Waals surface area contributed by atoms with Gasteiger partial charge in [0.25, 0.3) is 0 Å². The Hall–Kier alpha value is -2.78. The summed E-state index contributed by atoms with van der Waals surface area (Å²) in [5.74, 6) is 0.731. The molecule has 1 unspecified atom stereocenters. The van der Waals surface area contributed by atoms with Gasteiger partial charge in [0.1, 0.15) is 0 Å². The standard InChI is InChI=1S/C9H11N7O3/c1-5(8-12-14-15-13-8)10-9-6(16(17)18)3-4-7(11-9)19-2/h3-5H,1-2H3,(H,10,11)(H,12,13,14,15). The van der Waals surface area contributed by atoms with Crippen molar-refractivity contribution < 1.29 is 9.66 Å². The molecule has 10 heteroatoms. The zero-order chi connectivity index (χ0) is 13.8. The molecule has 0 aliphatic carbocycles. The Morgan fingerprint density at radius 3 is 2.89 bits per heavy atom. The Morgan fingerprint density at radius 2 is 2.32 bits per heavy atom. The topological polar surface area (TPSA) is 132 Å². The number of anilines is 1. The molecule has 0 aliphatic rings. The number of pyridine rings is 1. The molecular formula is C9H11N7O3. The molecule has 0 bridgehead atoms. The van der Waals surface area contributed by atoms with E-state index < -0.39 is 11.0 Å². The van der Waals surface area contributed by atoms with Gasteiger partial charge in [-0.3, -0.25) is 10.1 Å². The number of aromatic nitrogens is 5. The molecule has 1 atom stereocenters. The Morgan fingerprint density at radius 1 is 1.53 bits per heavy atom. The van der Waals surface area contributed by atoms with Crippen LogP contribution < -0.4 is 10.1 Å². The van der Waals surface area contributed by atoms with Crippen LogP contribution in [0, 0.1) is 10.1 Å². The summed E-state index contributed by atoms with van der Waals surface area (Å²) in [6, 6.07) is 2.34. The molecule has 0 saturated heterocycles. The average Bonchev–Trinajstić information content (AvgIpc) is 2.92. The van der Waals surface area contributed by atoms with Crippen molar-refractivity contribution >= 4 is 11.5 Å². The summed E-state index contributed by atoms with van der Waals surface area (Å²) < 4.78 is 4.94. The lowest BCUT2D eigenvalue weighted by Crippen LogP contribution is -2.11. The number of hydrogen-bond donors (Lipinski definition) is 2. The highest BCUT2D eigenvalue weighted by Crippen LogP contribution is 2.27. The van der Waals surface area contributed by atoms with Crippen LogP contribution in [0.3, 0.4) is 0 Å². The van der Waals surface area contributed by atoms with Crippen molar-refractivity contribution in [3.8, 4) is 5.88 Å². The predicted molar refractivity (Wildman–Crippen MR) is 63.7 cm³/mol. The number of nitro groups is 1. The summed E-state index contributed by atoms with van der Waals surface area (Å²) in [6.07, 6.45) is 0. The first-order valence-electron chi connectivity index (χ1n) is 5.31. The van der Waals surface area contributed by atoms with Gasteiger partial charge in [0.05, 0.1) is 18.1 Å². The molecule has 2 heterocycles. The van der Waals surface area contributed by atoms with Gasteiger partial charge in [-0.25, -0.2) is 0 Å². The first kappa shape index (κ1) is 12.7. The number of hydrogen-bond acceptors (Lipinski definition) is 8. The van der Waals surface area contributed by atoms with Crippen LogP contribution in [0.1, 0.15) is 18.8 Å². The fourth-order valence-electron chi connectivity index (χ4n) is 1.42. The Labute approximate surface area is 107 Å². The zero-order valence-corrected chi connectivity index (χ0v) is 10.2. The van der Waals surface area contributed by atoms with Crippen LogP contribution in [-0.4, -0.2) is 37.6 Å². The number of nitrogens with zero attached hydrogens (tertiary/aromatic N) is 5. The van der Waals surface area contributed by atoms with E-state index in [1.165, 1.54) is 19.2 Å². The van der Waals surface area contributed by atoms with Gasteiger partial charge in [0.15, 0.2) is 5.82 Å². The third-order valence-corrected chi connectivity index (χ3v) is 2.36. The quantitative estimate of drug-likeness (QED) is 0.595. The first-order valence-corrected chi connectivity index (χ1v) is 5.31. The second-order valence-corrected chi connectivity index (χ2v) is 3.61. The molecule has 2 aromatic rings. The largest absolute Gasteiger partial charge is 0.481 e. The molecule has 2 aromatic heterocycles. The second kappa shape index (κ2) is 5.25. The van der Waals surface area contributed by atoms with Crippen LogP contribution in [0.5, 0.6) is 5.88 Å². The maximum Gasteiger partial charge on any atom is 0.311 e. The molecule has 0 amide bonds. The van der Waals surface area contributed by atoms with Gasteiger partial charge in [-0.15, -0.1) is 10.2 Å². The number of nitrogens with one attached hydrogen (secondary N) is 2. The monoisotopic (exact) mass is 265 g/mol. The van der Waals surface area contributed by atoms with Crippen LogP contribution in [0.15, 0.2) is 12.1 Å². The summed E-state index contributed by atoms with van der Waals surface area (Å²) in [6.45, 7) is 1.73. The lowest BCUT2D eigenvalue weighted by atomic mass is 10.3. The number of aromatic amines is 1. The lowest BCUT2D eigenvalue weighted by Gasteiger charge is -2.11. The third kappa shape index (κ3) is 2.73. The predicted octanol–water partition coefficient (Wildman–Crippen LogP) is 0.685. The van der Waals surface area contributed by atoms with Crippen LogP contribution in [0.4, 0.5) is 11.5 Å². The second-order valence-electron chi connectivity index (χ2n) is 3.61. The highest BCUT2D eigenvalue weighted by molar-refractivity contribution is 5.57. The molecule has 2 N–H and O–H groups in total. The van der Waals surface area contributed by atoms with Crippen molar-refractivity contribution in [3.63, 3.8) is 0 Å². The normalized spacial score (nSPS) is 11.9.